The fraction of sp³-hybridized carbons (Fsp3) is 0.625. The predicted molar refractivity (Wildman–Crippen MR) is 82.0 cm³/mol. The van der Waals surface area contributed by atoms with Gasteiger partial charge >= 0.3 is 0 Å². The van der Waals surface area contributed by atoms with Crippen molar-refractivity contribution < 1.29 is 0 Å². The lowest BCUT2D eigenvalue weighted by Gasteiger charge is -2.48. The molecule has 0 atom stereocenters. The molecule has 1 aromatic carbocycles. The van der Waals surface area contributed by atoms with Crippen molar-refractivity contribution in [2.45, 2.75) is 51.5 Å². The standard InChI is InChI=1S/C16H24BrN/c1-12-9-16(10-12,11-18-15(2,3)4)13-5-7-14(17)8-6-13/h5-8,12,18H,9-11H2,1-4H3. The maximum absolute atomic E-state index is 3.69. The highest BCUT2D eigenvalue weighted by molar-refractivity contribution is 9.10. The molecule has 1 aliphatic rings. The molecule has 100 valence electrons. The Balaban J connectivity index is 2.15. The minimum Gasteiger partial charge on any atom is -0.311 e. The van der Waals surface area contributed by atoms with E-state index >= 15 is 0 Å². The first kappa shape index (κ1) is 14.1. The molecule has 0 spiro atoms. The van der Waals surface area contributed by atoms with E-state index < -0.39 is 0 Å². The number of benzene rings is 1. The van der Waals surface area contributed by atoms with Crippen molar-refractivity contribution in [1.82, 2.24) is 5.32 Å². The van der Waals surface area contributed by atoms with Gasteiger partial charge in [-0.15, -0.1) is 0 Å². The first-order valence-corrected chi connectivity index (χ1v) is 7.61. The van der Waals surface area contributed by atoms with Gasteiger partial charge in [0.2, 0.25) is 0 Å². The van der Waals surface area contributed by atoms with Gasteiger partial charge in [0.15, 0.2) is 0 Å². The van der Waals surface area contributed by atoms with Crippen LogP contribution in [0.4, 0.5) is 0 Å². The SMILES string of the molecule is CC1CC(CNC(C)(C)C)(c2ccc(Br)cc2)C1. The Morgan fingerprint density at radius 2 is 1.78 bits per heavy atom. The van der Waals surface area contributed by atoms with E-state index in [1.165, 1.54) is 18.4 Å². The molecule has 0 amide bonds. The van der Waals surface area contributed by atoms with Crippen molar-refractivity contribution in [2.24, 2.45) is 5.92 Å². The maximum Gasteiger partial charge on any atom is 0.0175 e. The average Bonchev–Trinajstić information content (AvgIpc) is 2.23. The summed E-state index contributed by atoms with van der Waals surface area (Å²) in [5, 5.41) is 3.69. The Kier molecular flexibility index (Phi) is 3.89. The number of hydrogen-bond acceptors (Lipinski definition) is 1. The quantitative estimate of drug-likeness (QED) is 0.866. The molecule has 18 heavy (non-hydrogen) atoms. The third-order valence-corrected chi connectivity index (χ3v) is 4.42. The highest BCUT2D eigenvalue weighted by Gasteiger charge is 2.43. The molecule has 1 N–H and O–H groups in total. The van der Waals surface area contributed by atoms with Crippen LogP contribution < -0.4 is 5.32 Å². The predicted octanol–water partition coefficient (Wildman–Crippen LogP) is 4.50. The minimum absolute atomic E-state index is 0.196. The molecule has 0 saturated heterocycles. The molecule has 1 aromatic rings. The van der Waals surface area contributed by atoms with Crippen LogP contribution in [-0.4, -0.2) is 12.1 Å². The van der Waals surface area contributed by atoms with Crippen LogP contribution in [0.5, 0.6) is 0 Å². The van der Waals surface area contributed by atoms with E-state index in [-0.39, 0.29) is 5.54 Å². The summed E-state index contributed by atoms with van der Waals surface area (Å²) in [5.74, 6) is 0.857. The Hall–Kier alpha value is -0.340. The summed E-state index contributed by atoms with van der Waals surface area (Å²) in [6.45, 7) is 10.2. The highest BCUT2D eigenvalue weighted by Crippen LogP contribution is 2.47. The van der Waals surface area contributed by atoms with Gasteiger partial charge in [-0.1, -0.05) is 35.0 Å². The highest BCUT2D eigenvalue weighted by atomic mass is 79.9. The Morgan fingerprint density at radius 1 is 1.22 bits per heavy atom. The molecule has 2 heteroatoms. The molecule has 1 fully saturated rings. The molecular formula is C16H24BrN. The van der Waals surface area contributed by atoms with Gasteiger partial charge in [-0.05, 0) is 57.2 Å². The third-order valence-electron chi connectivity index (χ3n) is 3.89. The Bertz CT molecular complexity index is 396. The molecule has 1 aliphatic carbocycles. The molecule has 0 aliphatic heterocycles. The number of hydrogen-bond donors (Lipinski definition) is 1. The molecule has 1 nitrogen and oxygen atoms in total. The summed E-state index contributed by atoms with van der Waals surface area (Å²) in [6, 6.07) is 8.88. The van der Waals surface area contributed by atoms with Crippen LogP contribution in [0.2, 0.25) is 0 Å². The summed E-state index contributed by atoms with van der Waals surface area (Å²) in [7, 11) is 0. The normalized spacial score (nSPS) is 27.9. The van der Waals surface area contributed by atoms with Gasteiger partial charge in [0.25, 0.3) is 0 Å². The van der Waals surface area contributed by atoms with Crippen molar-refractivity contribution in [1.29, 1.82) is 0 Å². The van der Waals surface area contributed by atoms with Crippen molar-refractivity contribution in [3.8, 4) is 0 Å². The second-order valence-corrected chi connectivity index (χ2v) is 7.82. The van der Waals surface area contributed by atoms with Crippen molar-refractivity contribution in [3.63, 3.8) is 0 Å². The molecule has 0 bridgehead atoms. The second kappa shape index (κ2) is 4.97. The van der Waals surface area contributed by atoms with Crippen LogP contribution in [0.25, 0.3) is 0 Å². The summed E-state index contributed by atoms with van der Waals surface area (Å²) < 4.78 is 1.16. The first-order valence-electron chi connectivity index (χ1n) is 6.82. The fourth-order valence-corrected chi connectivity index (χ4v) is 3.26. The zero-order valence-corrected chi connectivity index (χ0v) is 13.5. The van der Waals surface area contributed by atoms with Crippen LogP contribution in [0.1, 0.15) is 46.1 Å². The summed E-state index contributed by atoms with van der Waals surface area (Å²) >= 11 is 3.52. The van der Waals surface area contributed by atoms with Crippen LogP contribution in [0.15, 0.2) is 28.7 Å². The van der Waals surface area contributed by atoms with Gasteiger partial charge in [-0.2, -0.15) is 0 Å². The van der Waals surface area contributed by atoms with Crippen molar-refractivity contribution in [3.05, 3.63) is 34.3 Å². The molecular weight excluding hydrogens is 286 g/mol. The van der Waals surface area contributed by atoms with E-state index in [4.69, 9.17) is 0 Å². The molecule has 0 heterocycles. The minimum atomic E-state index is 0.196. The zero-order chi connectivity index (χ0) is 13.4. The summed E-state index contributed by atoms with van der Waals surface area (Å²) in [4.78, 5) is 0. The monoisotopic (exact) mass is 309 g/mol. The lowest BCUT2D eigenvalue weighted by molar-refractivity contribution is 0.142. The van der Waals surface area contributed by atoms with Crippen molar-refractivity contribution >= 4 is 15.9 Å². The lowest BCUT2D eigenvalue weighted by atomic mass is 9.59. The van der Waals surface area contributed by atoms with E-state index in [2.05, 4.69) is 73.2 Å². The smallest absolute Gasteiger partial charge is 0.0175 e. The Labute approximate surface area is 119 Å². The number of rotatable bonds is 3. The number of halogens is 1. The Morgan fingerprint density at radius 3 is 2.22 bits per heavy atom. The molecule has 0 unspecified atom stereocenters. The molecule has 0 radical (unpaired) electrons. The van der Waals surface area contributed by atoms with Gasteiger partial charge in [-0.25, -0.2) is 0 Å². The van der Waals surface area contributed by atoms with Gasteiger partial charge in [0.05, 0.1) is 0 Å². The van der Waals surface area contributed by atoms with Gasteiger partial charge < -0.3 is 5.32 Å². The van der Waals surface area contributed by atoms with Gasteiger partial charge in [0, 0.05) is 22.0 Å². The largest absolute Gasteiger partial charge is 0.311 e. The lowest BCUT2D eigenvalue weighted by Crippen LogP contribution is -2.52. The van der Waals surface area contributed by atoms with Crippen LogP contribution in [0.3, 0.4) is 0 Å². The molecule has 0 aromatic heterocycles. The van der Waals surface area contributed by atoms with Crippen LogP contribution in [0, 0.1) is 5.92 Å². The number of nitrogens with one attached hydrogen (secondary N) is 1. The van der Waals surface area contributed by atoms with Crippen LogP contribution >= 0.6 is 15.9 Å². The maximum atomic E-state index is 3.69. The van der Waals surface area contributed by atoms with E-state index in [0.29, 0.717) is 5.41 Å². The summed E-state index contributed by atoms with van der Waals surface area (Å²) in [5.41, 5.74) is 2.04. The summed E-state index contributed by atoms with van der Waals surface area (Å²) in [6.07, 6.45) is 2.61. The molecule has 1 saturated carbocycles. The van der Waals surface area contributed by atoms with Crippen LogP contribution in [-0.2, 0) is 5.41 Å². The molecule has 2 rings (SSSR count). The average molecular weight is 310 g/mol. The van der Waals surface area contributed by atoms with Crippen molar-refractivity contribution in [2.75, 3.05) is 6.54 Å². The van der Waals surface area contributed by atoms with Gasteiger partial charge in [-0.3, -0.25) is 0 Å². The van der Waals surface area contributed by atoms with E-state index in [1.54, 1.807) is 0 Å². The second-order valence-electron chi connectivity index (χ2n) is 6.90. The van der Waals surface area contributed by atoms with Gasteiger partial charge in [0.1, 0.15) is 0 Å². The third kappa shape index (κ3) is 3.16. The van der Waals surface area contributed by atoms with E-state index in [9.17, 15) is 0 Å². The van der Waals surface area contributed by atoms with E-state index in [0.717, 1.165) is 16.9 Å². The zero-order valence-electron chi connectivity index (χ0n) is 11.9. The first-order chi connectivity index (χ1) is 8.31. The van der Waals surface area contributed by atoms with E-state index in [1.807, 2.05) is 0 Å². The topological polar surface area (TPSA) is 12.0 Å². The fourth-order valence-electron chi connectivity index (χ4n) is 2.99.